The third-order valence-corrected chi connectivity index (χ3v) is 7.07. The molecule has 4 rings (SSSR count). The molecule has 27 heavy (non-hydrogen) atoms. The van der Waals surface area contributed by atoms with E-state index in [4.69, 9.17) is 0 Å². The quantitative estimate of drug-likeness (QED) is 0.773. The van der Waals surface area contributed by atoms with Gasteiger partial charge in [0.25, 0.3) is 5.91 Å². The summed E-state index contributed by atoms with van der Waals surface area (Å²) in [4.78, 5) is 15.2. The van der Waals surface area contributed by atoms with E-state index in [9.17, 15) is 13.2 Å². The number of halogens is 1. The van der Waals surface area contributed by atoms with E-state index in [0.29, 0.717) is 12.1 Å². The zero-order valence-electron chi connectivity index (χ0n) is 15.0. The number of rotatable bonds is 4. The van der Waals surface area contributed by atoms with Crippen molar-refractivity contribution in [3.63, 3.8) is 0 Å². The normalized spacial score (nSPS) is 16.9. The predicted octanol–water partition coefficient (Wildman–Crippen LogP) is 3.79. The Morgan fingerprint density at radius 3 is 2.70 bits per heavy atom. The molecule has 2 aromatic carbocycles. The van der Waals surface area contributed by atoms with Crippen molar-refractivity contribution in [2.45, 2.75) is 43.5 Å². The number of amides is 1. The number of carbonyl (C=O) groups excluding carboxylic acids is 1. The Bertz CT molecular complexity index is 1020. The van der Waals surface area contributed by atoms with Gasteiger partial charge in [0.05, 0.1) is 4.90 Å². The van der Waals surface area contributed by atoms with Crippen molar-refractivity contribution >= 4 is 37.5 Å². The first kappa shape index (κ1) is 18.7. The topological polar surface area (TPSA) is 66.5 Å². The maximum absolute atomic E-state index is 13.3. The van der Waals surface area contributed by atoms with E-state index in [0.717, 1.165) is 47.0 Å². The molecule has 0 unspecified atom stereocenters. The maximum Gasteiger partial charge on any atom is 0.258 e. The lowest BCUT2D eigenvalue weighted by atomic mass is 10.00. The molecule has 5 nitrogen and oxygen atoms in total. The van der Waals surface area contributed by atoms with E-state index in [1.165, 1.54) is 6.07 Å². The standard InChI is InChI=1S/C20H21BrN2O3S/c1-13-4-8-17(27(25,26)22-16-6-7-16)12-18(13)20(24)23-10-2-3-14-11-15(21)5-9-19(14)23/h4-5,8-9,11-12,16,22H,2-3,6-7,10H2,1H3. The molecule has 1 amide bonds. The molecule has 1 fully saturated rings. The first-order valence-corrected chi connectivity index (χ1v) is 11.4. The number of hydrogen-bond donors (Lipinski definition) is 1. The number of fused-ring (bicyclic) bond motifs is 1. The van der Waals surface area contributed by atoms with E-state index in [2.05, 4.69) is 20.7 Å². The predicted molar refractivity (Wildman–Crippen MR) is 109 cm³/mol. The first-order chi connectivity index (χ1) is 12.8. The van der Waals surface area contributed by atoms with Gasteiger partial charge in [-0.3, -0.25) is 4.79 Å². The monoisotopic (exact) mass is 448 g/mol. The molecule has 0 saturated heterocycles. The van der Waals surface area contributed by atoms with Crippen LogP contribution in [0.4, 0.5) is 5.69 Å². The summed E-state index contributed by atoms with van der Waals surface area (Å²) in [6.45, 7) is 2.47. The number of aryl methyl sites for hydroxylation is 2. The molecular weight excluding hydrogens is 428 g/mol. The van der Waals surface area contributed by atoms with Crippen molar-refractivity contribution in [1.82, 2.24) is 4.72 Å². The second-order valence-electron chi connectivity index (χ2n) is 7.21. The van der Waals surface area contributed by atoms with Crippen LogP contribution in [0.25, 0.3) is 0 Å². The van der Waals surface area contributed by atoms with Gasteiger partial charge in [0.15, 0.2) is 0 Å². The van der Waals surface area contributed by atoms with Crippen molar-refractivity contribution in [2.75, 3.05) is 11.4 Å². The summed E-state index contributed by atoms with van der Waals surface area (Å²) in [7, 11) is -3.59. The molecule has 0 aromatic heterocycles. The van der Waals surface area contributed by atoms with Gasteiger partial charge >= 0.3 is 0 Å². The molecule has 0 spiro atoms. The fourth-order valence-corrected chi connectivity index (χ4v) is 5.15. The summed E-state index contributed by atoms with van der Waals surface area (Å²) in [5.41, 5.74) is 3.23. The van der Waals surface area contributed by atoms with Crippen LogP contribution in [0.1, 0.15) is 40.7 Å². The maximum atomic E-state index is 13.3. The summed E-state index contributed by atoms with van der Waals surface area (Å²) < 4.78 is 28.7. The number of nitrogens with one attached hydrogen (secondary N) is 1. The molecule has 0 radical (unpaired) electrons. The van der Waals surface area contributed by atoms with E-state index < -0.39 is 10.0 Å². The third kappa shape index (κ3) is 3.81. The van der Waals surface area contributed by atoms with Gasteiger partial charge in [-0.1, -0.05) is 22.0 Å². The van der Waals surface area contributed by atoms with Gasteiger partial charge in [0.1, 0.15) is 0 Å². The Kier molecular flexibility index (Phi) is 4.86. The molecule has 0 atom stereocenters. The minimum atomic E-state index is -3.59. The van der Waals surface area contributed by atoms with Crippen molar-refractivity contribution in [3.8, 4) is 0 Å². The Hall–Kier alpha value is -1.70. The van der Waals surface area contributed by atoms with Crippen LogP contribution in [0.3, 0.4) is 0 Å². The fraction of sp³-hybridized carbons (Fsp3) is 0.350. The van der Waals surface area contributed by atoms with Crippen molar-refractivity contribution in [1.29, 1.82) is 0 Å². The van der Waals surface area contributed by atoms with Crippen LogP contribution < -0.4 is 9.62 Å². The zero-order chi connectivity index (χ0) is 19.2. The van der Waals surface area contributed by atoms with Gasteiger partial charge in [-0.05, 0) is 74.1 Å². The third-order valence-electron chi connectivity index (χ3n) is 5.05. The van der Waals surface area contributed by atoms with Crippen LogP contribution in [0.5, 0.6) is 0 Å². The summed E-state index contributed by atoms with van der Waals surface area (Å²) >= 11 is 3.48. The smallest absolute Gasteiger partial charge is 0.258 e. The van der Waals surface area contributed by atoms with Crippen LogP contribution in [0.2, 0.25) is 0 Å². The molecule has 1 aliphatic heterocycles. The lowest BCUT2D eigenvalue weighted by molar-refractivity contribution is 0.0984. The highest BCUT2D eigenvalue weighted by Crippen LogP contribution is 2.32. The molecule has 7 heteroatoms. The van der Waals surface area contributed by atoms with Crippen LogP contribution in [0.15, 0.2) is 45.8 Å². The summed E-state index contributed by atoms with van der Waals surface area (Å²) in [5, 5.41) is 0. The molecule has 1 heterocycles. The van der Waals surface area contributed by atoms with Crippen LogP contribution in [0, 0.1) is 6.92 Å². The van der Waals surface area contributed by atoms with Crippen LogP contribution >= 0.6 is 15.9 Å². The van der Waals surface area contributed by atoms with Crippen LogP contribution in [-0.4, -0.2) is 26.9 Å². The average molecular weight is 449 g/mol. The minimum Gasteiger partial charge on any atom is -0.308 e. The molecule has 2 aliphatic rings. The summed E-state index contributed by atoms with van der Waals surface area (Å²) in [6.07, 6.45) is 3.56. The van der Waals surface area contributed by atoms with E-state index in [1.54, 1.807) is 17.0 Å². The molecule has 1 saturated carbocycles. The Morgan fingerprint density at radius 2 is 1.96 bits per heavy atom. The molecule has 1 aliphatic carbocycles. The summed E-state index contributed by atoms with van der Waals surface area (Å²) in [6, 6.07) is 10.7. The zero-order valence-corrected chi connectivity index (χ0v) is 17.4. The number of sulfonamides is 1. The molecule has 1 N–H and O–H groups in total. The van der Waals surface area contributed by atoms with Crippen LogP contribution in [-0.2, 0) is 16.4 Å². The van der Waals surface area contributed by atoms with Gasteiger partial charge in [-0.25, -0.2) is 13.1 Å². The number of nitrogens with zero attached hydrogens (tertiary/aromatic N) is 1. The van der Waals surface area contributed by atoms with Gasteiger partial charge in [0, 0.05) is 28.3 Å². The van der Waals surface area contributed by atoms with Gasteiger partial charge in [-0.15, -0.1) is 0 Å². The molecular formula is C20H21BrN2O3S. The molecule has 142 valence electrons. The Balaban J connectivity index is 1.69. The highest BCUT2D eigenvalue weighted by molar-refractivity contribution is 9.10. The molecule has 0 bridgehead atoms. The van der Waals surface area contributed by atoms with E-state index in [1.807, 2.05) is 25.1 Å². The van der Waals surface area contributed by atoms with E-state index in [-0.39, 0.29) is 16.8 Å². The van der Waals surface area contributed by atoms with Crippen molar-refractivity contribution < 1.29 is 13.2 Å². The fourth-order valence-electron chi connectivity index (χ4n) is 3.41. The highest BCUT2D eigenvalue weighted by atomic mass is 79.9. The number of anilines is 1. The number of hydrogen-bond acceptors (Lipinski definition) is 3. The van der Waals surface area contributed by atoms with Gasteiger partial charge < -0.3 is 4.90 Å². The second-order valence-corrected chi connectivity index (χ2v) is 9.84. The highest BCUT2D eigenvalue weighted by Gasteiger charge is 2.30. The van der Waals surface area contributed by atoms with Crippen molar-refractivity contribution in [3.05, 3.63) is 57.6 Å². The van der Waals surface area contributed by atoms with Gasteiger partial charge in [-0.2, -0.15) is 0 Å². The lowest BCUT2D eigenvalue weighted by Gasteiger charge is -2.30. The molecule has 2 aromatic rings. The second kappa shape index (κ2) is 7.04. The number of carbonyl (C=O) groups is 1. The van der Waals surface area contributed by atoms with Crippen molar-refractivity contribution in [2.24, 2.45) is 0 Å². The summed E-state index contributed by atoms with van der Waals surface area (Å²) in [5.74, 6) is -0.153. The SMILES string of the molecule is Cc1ccc(S(=O)(=O)NC2CC2)cc1C(=O)N1CCCc2cc(Br)ccc21. The Labute approximate surface area is 167 Å². The van der Waals surface area contributed by atoms with Gasteiger partial charge in [0.2, 0.25) is 10.0 Å². The minimum absolute atomic E-state index is 0.0304. The largest absolute Gasteiger partial charge is 0.308 e. The Morgan fingerprint density at radius 1 is 1.19 bits per heavy atom. The van der Waals surface area contributed by atoms with E-state index >= 15 is 0 Å². The average Bonchev–Trinajstić information content (AvgIpc) is 3.44. The number of benzene rings is 2. The first-order valence-electron chi connectivity index (χ1n) is 9.08. The lowest BCUT2D eigenvalue weighted by Crippen LogP contribution is -2.36.